The molecule has 104 valence electrons. The zero-order chi connectivity index (χ0) is 13.8. The Kier molecular flexibility index (Phi) is 4.80. The molecule has 0 aromatic heterocycles. The van der Waals surface area contributed by atoms with E-state index in [4.69, 9.17) is 0 Å². The van der Waals surface area contributed by atoms with Crippen LogP contribution in [0.3, 0.4) is 0 Å². The molecule has 2 rings (SSSR count). The first kappa shape index (κ1) is 14.3. The van der Waals surface area contributed by atoms with Crippen LogP contribution in [0.4, 0.5) is 9.18 Å². The SMILES string of the molecule is CC1CCN(C(=O)NCc2cc(Br)ccc2F)CC1. The first-order chi connectivity index (χ1) is 9.06. The van der Waals surface area contributed by atoms with E-state index in [9.17, 15) is 9.18 Å². The van der Waals surface area contributed by atoms with Crippen molar-refractivity contribution in [1.82, 2.24) is 10.2 Å². The maximum absolute atomic E-state index is 13.5. The van der Waals surface area contributed by atoms with Crippen LogP contribution in [0, 0.1) is 11.7 Å². The molecular weight excluding hydrogens is 311 g/mol. The highest BCUT2D eigenvalue weighted by molar-refractivity contribution is 9.10. The molecule has 1 aliphatic heterocycles. The van der Waals surface area contributed by atoms with Gasteiger partial charge in [-0.05, 0) is 37.0 Å². The van der Waals surface area contributed by atoms with Gasteiger partial charge in [0.2, 0.25) is 0 Å². The van der Waals surface area contributed by atoms with Crippen LogP contribution < -0.4 is 5.32 Å². The third-order valence-electron chi connectivity index (χ3n) is 3.51. The van der Waals surface area contributed by atoms with Crippen molar-refractivity contribution in [3.05, 3.63) is 34.1 Å². The summed E-state index contributed by atoms with van der Waals surface area (Å²) in [6.07, 6.45) is 2.08. The molecule has 1 aromatic rings. The van der Waals surface area contributed by atoms with E-state index >= 15 is 0 Å². The number of likely N-dealkylation sites (tertiary alicyclic amines) is 1. The molecule has 0 radical (unpaired) electrons. The Morgan fingerprint density at radius 1 is 1.47 bits per heavy atom. The molecule has 0 spiro atoms. The average Bonchev–Trinajstić information content (AvgIpc) is 2.40. The molecule has 0 saturated carbocycles. The maximum atomic E-state index is 13.5. The van der Waals surface area contributed by atoms with Crippen LogP contribution in [0.2, 0.25) is 0 Å². The number of halogens is 2. The number of amides is 2. The predicted octanol–water partition coefficient (Wildman–Crippen LogP) is 3.53. The number of carbonyl (C=O) groups excluding carboxylic acids is 1. The molecule has 2 amide bonds. The fourth-order valence-corrected chi connectivity index (χ4v) is 2.58. The molecule has 0 bridgehead atoms. The van der Waals surface area contributed by atoms with Gasteiger partial charge in [0.05, 0.1) is 0 Å². The van der Waals surface area contributed by atoms with Crippen molar-refractivity contribution >= 4 is 22.0 Å². The number of hydrogen-bond acceptors (Lipinski definition) is 1. The molecule has 1 heterocycles. The van der Waals surface area contributed by atoms with Crippen LogP contribution in [0.15, 0.2) is 22.7 Å². The highest BCUT2D eigenvalue weighted by Crippen LogP contribution is 2.17. The number of rotatable bonds is 2. The Bertz CT molecular complexity index is 459. The monoisotopic (exact) mass is 328 g/mol. The molecule has 1 saturated heterocycles. The van der Waals surface area contributed by atoms with Gasteiger partial charge in [-0.2, -0.15) is 0 Å². The Labute approximate surface area is 121 Å². The third-order valence-corrected chi connectivity index (χ3v) is 4.00. The Morgan fingerprint density at radius 3 is 2.84 bits per heavy atom. The largest absolute Gasteiger partial charge is 0.334 e. The summed E-state index contributed by atoms with van der Waals surface area (Å²) in [4.78, 5) is 13.8. The van der Waals surface area contributed by atoms with E-state index in [1.165, 1.54) is 6.07 Å². The maximum Gasteiger partial charge on any atom is 0.317 e. The van der Waals surface area contributed by atoms with Crippen molar-refractivity contribution in [1.29, 1.82) is 0 Å². The number of benzene rings is 1. The molecule has 19 heavy (non-hydrogen) atoms. The quantitative estimate of drug-likeness (QED) is 0.884. The minimum absolute atomic E-state index is 0.105. The van der Waals surface area contributed by atoms with Gasteiger partial charge in [0, 0.05) is 29.7 Å². The standard InChI is InChI=1S/C14H18BrFN2O/c1-10-4-6-18(7-5-10)14(19)17-9-11-8-12(15)2-3-13(11)16/h2-3,8,10H,4-7,9H2,1H3,(H,17,19). The molecule has 1 aliphatic rings. The second-order valence-corrected chi connectivity index (χ2v) is 5.98. The number of carbonyl (C=O) groups is 1. The fraction of sp³-hybridized carbons (Fsp3) is 0.500. The lowest BCUT2D eigenvalue weighted by Crippen LogP contribution is -2.43. The molecule has 1 N–H and O–H groups in total. The molecule has 0 atom stereocenters. The van der Waals surface area contributed by atoms with Gasteiger partial charge in [-0.1, -0.05) is 22.9 Å². The second kappa shape index (κ2) is 6.37. The normalized spacial score (nSPS) is 16.5. The van der Waals surface area contributed by atoms with E-state index in [1.807, 2.05) is 0 Å². The summed E-state index contributed by atoms with van der Waals surface area (Å²) in [6, 6.07) is 4.63. The van der Waals surface area contributed by atoms with E-state index in [2.05, 4.69) is 28.2 Å². The Morgan fingerprint density at radius 2 is 2.16 bits per heavy atom. The van der Waals surface area contributed by atoms with E-state index in [0.29, 0.717) is 11.5 Å². The third kappa shape index (κ3) is 3.93. The average molecular weight is 329 g/mol. The smallest absolute Gasteiger partial charge is 0.317 e. The van der Waals surface area contributed by atoms with Crippen molar-refractivity contribution in [3.8, 4) is 0 Å². The van der Waals surface area contributed by atoms with E-state index in [1.54, 1.807) is 17.0 Å². The zero-order valence-electron chi connectivity index (χ0n) is 11.0. The molecule has 3 nitrogen and oxygen atoms in total. The first-order valence-corrected chi connectivity index (χ1v) is 7.32. The first-order valence-electron chi connectivity index (χ1n) is 6.53. The number of piperidine rings is 1. The molecule has 0 unspecified atom stereocenters. The highest BCUT2D eigenvalue weighted by Gasteiger charge is 2.20. The summed E-state index contributed by atoms with van der Waals surface area (Å²) in [5.74, 6) is 0.391. The summed E-state index contributed by atoms with van der Waals surface area (Å²) in [5.41, 5.74) is 0.494. The van der Waals surface area contributed by atoms with Crippen LogP contribution in [-0.4, -0.2) is 24.0 Å². The van der Waals surface area contributed by atoms with Crippen molar-refractivity contribution in [3.63, 3.8) is 0 Å². The number of nitrogens with zero attached hydrogens (tertiary/aromatic N) is 1. The highest BCUT2D eigenvalue weighted by atomic mass is 79.9. The van der Waals surface area contributed by atoms with Gasteiger partial charge in [0.15, 0.2) is 0 Å². The molecule has 5 heteroatoms. The van der Waals surface area contributed by atoms with Crippen LogP contribution >= 0.6 is 15.9 Å². The van der Waals surface area contributed by atoms with Gasteiger partial charge >= 0.3 is 6.03 Å². The topological polar surface area (TPSA) is 32.3 Å². The zero-order valence-corrected chi connectivity index (χ0v) is 12.5. The molecule has 1 aromatic carbocycles. The minimum Gasteiger partial charge on any atom is -0.334 e. The number of urea groups is 1. The van der Waals surface area contributed by atoms with Crippen molar-refractivity contribution in [2.24, 2.45) is 5.92 Å². The summed E-state index contributed by atoms with van der Waals surface area (Å²) in [6.45, 7) is 3.99. The summed E-state index contributed by atoms with van der Waals surface area (Å²) in [5, 5.41) is 2.78. The second-order valence-electron chi connectivity index (χ2n) is 5.06. The molecule has 1 fully saturated rings. The van der Waals surface area contributed by atoms with Gasteiger partial charge in [-0.15, -0.1) is 0 Å². The predicted molar refractivity (Wildman–Crippen MR) is 76.3 cm³/mol. The summed E-state index contributed by atoms with van der Waals surface area (Å²) < 4.78 is 14.3. The summed E-state index contributed by atoms with van der Waals surface area (Å²) >= 11 is 3.30. The van der Waals surface area contributed by atoms with Crippen molar-refractivity contribution in [2.75, 3.05) is 13.1 Å². The lowest BCUT2D eigenvalue weighted by atomic mass is 10.00. The van der Waals surface area contributed by atoms with Crippen LogP contribution in [0.5, 0.6) is 0 Å². The van der Waals surface area contributed by atoms with Crippen molar-refractivity contribution < 1.29 is 9.18 Å². The van der Waals surface area contributed by atoms with Gasteiger partial charge in [0.25, 0.3) is 0 Å². The number of hydrogen-bond donors (Lipinski definition) is 1. The van der Waals surface area contributed by atoms with E-state index in [-0.39, 0.29) is 18.4 Å². The lowest BCUT2D eigenvalue weighted by molar-refractivity contribution is 0.173. The molecular formula is C14H18BrFN2O. The van der Waals surface area contributed by atoms with E-state index < -0.39 is 0 Å². The fourth-order valence-electron chi connectivity index (χ4n) is 2.17. The number of nitrogens with one attached hydrogen (secondary N) is 1. The van der Waals surface area contributed by atoms with Gasteiger partial charge in [0.1, 0.15) is 5.82 Å². The minimum atomic E-state index is -0.296. The van der Waals surface area contributed by atoms with Crippen LogP contribution in [-0.2, 0) is 6.54 Å². The summed E-state index contributed by atoms with van der Waals surface area (Å²) in [7, 11) is 0. The molecule has 0 aliphatic carbocycles. The van der Waals surface area contributed by atoms with Gasteiger partial charge in [-0.3, -0.25) is 0 Å². The Balaban J connectivity index is 1.88. The lowest BCUT2D eigenvalue weighted by Gasteiger charge is -2.30. The van der Waals surface area contributed by atoms with E-state index in [0.717, 1.165) is 30.4 Å². The van der Waals surface area contributed by atoms with Gasteiger partial charge < -0.3 is 10.2 Å². The van der Waals surface area contributed by atoms with Crippen LogP contribution in [0.25, 0.3) is 0 Å². The van der Waals surface area contributed by atoms with Crippen molar-refractivity contribution in [2.45, 2.75) is 26.3 Å². The van der Waals surface area contributed by atoms with Crippen LogP contribution in [0.1, 0.15) is 25.3 Å². The van der Waals surface area contributed by atoms with Gasteiger partial charge in [-0.25, -0.2) is 9.18 Å². The Hall–Kier alpha value is -1.10.